The summed E-state index contributed by atoms with van der Waals surface area (Å²) in [7, 11) is 0. The lowest BCUT2D eigenvalue weighted by Gasteiger charge is -2.30. The molecule has 0 atom stereocenters. The zero-order valence-electron chi connectivity index (χ0n) is 13.5. The topological polar surface area (TPSA) is 55.6 Å². The maximum Gasteiger partial charge on any atom is 0.253 e. The maximum absolute atomic E-state index is 12.6. The molecular weight excluding hydrogens is 324 g/mol. The van der Waals surface area contributed by atoms with E-state index in [9.17, 15) is 4.79 Å². The molecule has 0 bridgehead atoms. The molecule has 2 N–H and O–H groups in total. The zero-order valence-corrected chi connectivity index (χ0v) is 14.2. The van der Waals surface area contributed by atoms with E-state index in [0.29, 0.717) is 36.0 Å². The van der Waals surface area contributed by atoms with Gasteiger partial charge < -0.3 is 15.4 Å². The van der Waals surface area contributed by atoms with Crippen LogP contribution in [-0.4, -0.2) is 29.9 Å². The van der Waals surface area contributed by atoms with E-state index in [1.165, 1.54) is 0 Å². The predicted molar refractivity (Wildman–Crippen MR) is 95.3 cm³/mol. The van der Waals surface area contributed by atoms with Crippen molar-refractivity contribution >= 4 is 17.5 Å². The van der Waals surface area contributed by atoms with Crippen molar-refractivity contribution in [3.8, 4) is 5.75 Å². The highest BCUT2D eigenvalue weighted by Gasteiger charge is 2.21. The number of amides is 1. The van der Waals surface area contributed by atoms with Crippen molar-refractivity contribution in [3.05, 3.63) is 64.7 Å². The lowest BCUT2D eigenvalue weighted by Crippen LogP contribution is -2.42. The second-order valence-electron chi connectivity index (χ2n) is 6.08. The number of carbonyl (C=O) groups excluding carboxylic acids is 1. The fourth-order valence-electron chi connectivity index (χ4n) is 2.80. The Kier molecular flexibility index (Phi) is 5.38. The second-order valence-corrected chi connectivity index (χ2v) is 6.51. The third kappa shape index (κ3) is 4.28. The van der Waals surface area contributed by atoms with Crippen LogP contribution < -0.4 is 10.5 Å². The fourth-order valence-corrected chi connectivity index (χ4v) is 3.01. The Labute approximate surface area is 147 Å². The molecule has 3 rings (SSSR count). The normalized spacial score (nSPS) is 15.3. The van der Waals surface area contributed by atoms with E-state index < -0.39 is 0 Å². The van der Waals surface area contributed by atoms with Crippen molar-refractivity contribution in [2.75, 3.05) is 13.1 Å². The first-order chi connectivity index (χ1) is 11.6. The molecule has 4 nitrogen and oxygen atoms in total. The molecule has 5 heteroatoms. The van der Waals surface area contributed by atoms with Crippen LogP contribution in [-0.2, 0) is 6.61 Å². The maximum atomic E-state index is 12.6. The van der Waals surface area contributed by atoms with Gasteiger partial charge in [0.2, 0.25) is 0 Å². The monoisotopic (exact) mass is 344 g/mol. The van der Waals surface area contributed by atoms with E-state index in [2.05, 4.69) is 0 Å². The first kappa shape index (κ1) is 16.8. The van der Waals surface area contributed by atoms with Crippen LogP contribution >= 0.6 is 11.6 Å². The minimum absolute atomic E-state index is 0.0371. The van der Waals surface area contributed by atoms with Gasteiger partial charge in [-0.15, -0.1) is 0 Å². The molecule has 0 aromatic heterocycles. The highest BCUT2D eigenvalue weighted by atomic mass is 35.5. The van der Waals surface area contributed by atoms with Crippen molar-refractivity contribution in [3.63, 3.8) is 0 Å². The number of piperidine rings is 1. The highest BCUT2D eigenvalue weighted by Crippen LogP contribution is 2.19. The standard InChI is InChI=1S/C19H21ClN2O2/c20-16-5-1-3-14(11-16)13-24-18-6-2-4-15(12-18)19(23)22-9-7-17(21)8-10-22/h1-6,11-12,17H,7-10,13,21H2. The summed E-state index contributed by atoms with van der Waals surface area (Å²) < 4.78 is 5.79. The van der Waals surface area contributed by atoms with Gasteiger partial charge in [0.15, 0.2) is 0 Å². The van der Waals surface area contributed by atoms with E-state index in [0.717, 1.165) is 18.4 Å². The molecule has 1 aliphatic heterocycles. The number of rotatable bonds is 4. The van der Waals surface area contributed by atoms with Crippen molar-refractivity contribution in [2.24, 2.45) is 5.73 Å². The number of nitrogens with zero attached hydrogens (tertiary/aromatic N) is 1. The van der Waals surface area contributed by atoms with Gasteiger partial charge in [-0.05, 0) is 48.7 Å². The van der Waals surface area contributed by atoms with Crippen LogP contribution in [0.5, 0.6) is 5.75 Å². The minimum atomic E-state index is 0.0371. The van der Waals surface area contributed by atoms with Gasteiger partial charge in [-0.25, -0.2) is 0 Å². The van der Waals surface area contributed by atoms with E-state index in [4.69, 9.17) is 22.1 Å². The van der Waals surface area contributed by atoms with E-state index in [-0.39, 0.29) is 11.9 Å². The second kappa shape index (κ2) is 7.69. The lowest BCUT2D eigenvalue weighted by atomic mass is 10.0. The van der Waals surface area contributed by atoms with Crippen molar-refractivity contribution in [1.82, 2.24) is 4.90 Å². The Morgan fingerprint density at radius 3 is 2.67 bits per heavy atom. The largest absolute Gasteiger partial charge is 0.489 e. The van der Waals surface area contributed by atoms with Gasteiger partial charge in [0.1, 0.15) is 12.4 Å². The minimum Gasteiger partial charge on any atom is -0.489 e. The van der Waals surface area contributed by atoms with Crippen molar-refractivity contribution in [2.45, 2.75) is 25.5 Å². The molecule has 2 aromatic rings. The molecule has 0 unspecified atom stereocenters. The number of halogens is 1. The summed E-state index contributed by atoms with van der Waals surface area (Å²) in [6.07, 6.45) is 1.72. The highest BCUT2D eigenvalue weighted by molar-refractivity contribution is 6.30. The number of carbonyl (C=O) groups is 1. The molecule has 126 valence electrons. The summed E-state index contributed by atoms with van der Waals surface area (Å²) in [4.78, 5) is 14.5. The van der Waals surface area contributed by atoms with Crippen LogP contribution in [0, 0.1) is 0 Å². The molecule has 1 saturated heterocycles. The first-order valence-corrected chi connectivity index (χ1v) is 8.52. The Hall–Kier alpha value is -2.04. The van der Waals surface area contributed by atoms with Crippen LogP contribution in [0.1, 0.15) is 28.8 Å². The van der Waals surface area contributed by atoms with Gasteiger partial charge in [0, 0.05) is 29.7 Å². The molecule has 1 amide bonds. The SMILES string of the molecule is NC1CCN(C(=O)c2cccc(OCc3cccc(Cl)c3)c2)CC1. The lowest BCUT2D eigenvalue weighted by molar-refractivity contribution is 0.0714. The van der Waals surface area contributed by atoms with E-state index >= 15 is 0 Å². The molecule has 1 aliphatic rings. The summed E-state index contributed by atoms with van der Waals surface area (Å²) in [5.41, 5.74) is 7.54. The van der Waals surface area contributed by atoms with Crippen molar-refractivity contribution in [1.29, 1.82) is 0 Å². The van der Waals surface area contributed by atoms with Crippen LogP contribution in [0.2, 0.25) is 5.02 Å². The van der Waals surface area contributed by atoms with Gasteiger partial charge in [-0.3, -0.25) is 4.79 Å². The van der Waals surface area contributed by atoms with E-state index in [1.807, 2.05) is 47.4 Å². The quantitative estimate of drug-likeness (QED) is 0.923. The third-order valence-electron chi connectivity index (χ3n) is 4.20. The number of likely N-dealkylation sites (tertiary alicyclic amines) is 1. The van der Waals surface area contributed by atoms with Crippen LogP contribution in [0.15, 0.2) is 48.5 Å². The van der Waals surface area contributed by atoms with E-state index in [1.54, 1.807) is 6.07 Å². The summed E-state index contributed by atoms with van der Waals surface area (Å²) in [5, 5.41) is 0.684. The Balaban J connectivity index is 1.64. The number of nitrogens with two attached hydrogens (primary N) is 1. The summed E-state index contributed by atoms with van der Waals surface area (Å²) in [6.45, 7) is 1.85. The molecule has 1 fully saturated rings. The predicted octanol–water partition coefficient (Wildman–Crippen LogP) is 3.48. The van der Waals surface area contributed by atoms with Crippen LogP contribution in [0.4, 0.5) is 0 Å². The summed E-state index contributed by atoms with van der Waals surface area (Å²) >= 11 is 5.98. The summed E-state index contributed by atoms with van der Waals surface area (Å²) in [5.74, 6) is 0.713. The molecular formula is C19H21ClN2O2. The third-order valence-corrected chi connectivity index (χ3v) is 4.44. The number of hydrogen-bond donors (Lipinski definition) is 1. The number of benzene rings is 2. The van der Waals surface area contributed by atoms with Gasteiger partial charge in [0.25, 0.3) is 5.91 Å². The average Bonchev–Trinajstić information content (AvgIpc) is 2.60. The Morgan fingerprint density at radius 1 is 1.17 bits per heavy atom. The molecule has 1 heterocycles. The Morgan fingerprint density at radius 2 is 1.92 bits per heavy atom. The van der Waals surface area contributed by atoms with Gasteiger partial charge in [-0.2, -0.15) is 0 Å². The average molecular weight is 345 g/mol. The Bertz CT molecular complexity index is 712. The zero-order chi connectivity index (χ0) is 16.9. The molecule has 0 saturated carbocycles. The number of hydrogen-bond acceptors (Lipinski definition) is 3. The number of ether oxygens (including phenoxy) is 1. The fraction of sp³-hybridized carbons (Fsp3) is 0.316. The smallest absolute Gasteiger partial charge is 0.253 e. The van der Waals surface area contributed by atoms with Crippen LogP contribution in [0.3, 0.4) is 0 Å². The van der Waals surface area contributed by atoms with Gasteiger partial charge in [-0.1, -0.05) is 29.8 Å². The molecule has 24 heavy (non-hydrogen) atoms. The molecule has 0 radical (unpaired) electrons. The van der Waals surface area contributed by atoms with Gasteiger partial charge >= 0.3 is 0 Å². The van der Waals surface area contributed by atoms with Crippen LogP contribution in [0.25, 0.3) is 0 Å². The first-order valence-electron chi connectivity index (χ1n) is 8.14. The molecule has 2 aromatic carbocycles. The van der Waals surface area contributed by atoms with Crippen molar-refractivity contribution < 1.29 is 9.53 Å². The molecule has 0 spiro atoms. The summed E-state index contributed by atoms with van der Waals surface area (Å²) in [6, 6.07) is 15.1. The van der Waals surface area contributed by atoms with Gasteiger partial charge in [0.05, 0.1) is 0 Å². The molecule has 0 aliphatic carbocycles.